The Bertz CT molecular complexity index is 1560. The number of fused-ring (bicyclic) bond motifs is 1. The summed E-state index contributed by atoms with van der Waals surface area (Å²) in [6.07, 6.45) is 2.60. The van der Waals surface area contributed by atoms with Crippen LogP contribution in [-0.4, -0.2) is 53.3 Å². The number of hydrogen-bond acceptors (Lipinski definition) is 10. The van der Waals surface area contributed by atoms with Crippen LogP contribution in [0.5, 0.6) is 5.88 Å². The second-order valence-corrected chi connectivity index (χ2v) is 10.3. The fourth-order valence-electron chi connectivity index (χ4n) is 4.27. The van der Waals surface area contributed by atoms with Gasteiger partial charge in [-0.05, 0) is 48.1 Å². The molecule has 1 aliphatic rings. The van der Waals surface area contributed by atoms with E-state index in [9.17, 15) is 14.4 Å². The molecule has 4 heterocycles. The number of H-pyrrole nitrogens is 1. The number of thiophene rings is 1. The van der Waals surface area contributed by atoms with Gasteiger partial charge in [0.05, 0.1) is 44.0 Å². The normalized spacial score (nSPS) is 14.7. The number of benzene rings is 1. The number of ether oxygens (including phenoxy) is 4. The summed E-state index contributed by atoms with van der Waals surface area (Å²) < 4.78 is 21.9. The predicted molar refractivity (Wildman–Crippen MR) is 151 cm³/mol. The average molecular weight is 579 g/mol. The van der Waals surface area contributed by atoms with Crippen LogP contribution in [0.25, 0.3) is 10.2 Å². The minimum absolute atomic E-state index is 0.0646. The van der Waals surface area contributed by atoms with Gasteiger partial charge in [-0.1, -0.05) is 12.1 Å². The Morgan fingerprint density at radius 1 is 1.17 bits per heavy atom. The van der Waals surface area contributed by atoms with Gasteiger partial charge in [-0.15, -0.1) is 11.3 Å². The van der Waals surface area contributed by atoms with Crippen molar-refractivity contribution in [3.63, 3.8) is 0 Å². The number of nitrogens with zero attached hydrogens (tertiary/aromatic N) is 2. The lowest BCUT2D eigenvalue weighted by atomic mass is 10.1. The molecule has 1 saturated heterocycles. The maximum absolute atomic E-state index is 12.9. The van der Waals surface area contributed by atoms with Crippen LogP contribution in [0, 0.1) is 5.92 Å². The van der Waals surface area contributed by atoms with Crippen LogP contribution in [0.4, 0.5) is 0 Å². The van der Waals surface area contributed by atoms with Crippen molar-refractivity contribution in [3.8, 4) is 5.88 Å². The molecule has 12 heteroatoms. The van der Waals surface area contributed by atoms with Crippen molar-refractivity contribution in [2.45, 2.75) is 33.1 Å². The van der Waals surface area contributed by atoms with E-state index in [4.69, 9.17) is 18.9 Å². The highest BCUT2D eigenvalue weighted by atomic mass is 32.1. The van der Waals surface area contributed by atoms with E-state index in [2.05, 4.69) is 20.3 Å². The zero-order valence-corrected chi connectivity index (χ0v) is 23.3. The van der Waals surface area contributed by atoms with Gasteiger partial charge in [-0.25, -0.2) is 14.8 Å². The molecular weight excluding hydrogens is 548 g/mol. The van der Waals surface area contributed by atoms with E-state index in [1.165, 1.54) is 11.3 Å². The number of aromatic amines is 1. The predicted octanol–water partition coefficient (Wildman–Crippen LogP) is 3.62. The summed E-state index contributed by atoms with van der Waals surface area (Å²) >= 11 is 1.27. The standard InChI is InChI=1S/C29H30N4O7S/c1-2-39-29(36)21-5-3-18(4-6-21)13-38-16-22-17-41-28-24(22)26(34)32-25(33-28)27(35)31-12-19-7-9-30-23(11-19)40-15-20-8-10-37-14-20/h3-7,9,11,17,20H,2,8,10,12-16H2,1H3,(H,31,35)(H,32,33,34). The van der Waals surface area contributed by atoms with E-state index in [1.54, 1.807) is 54.9 Å². The zero-order chi connectivity index (χ0) is 28.6. The van der Waals surface area contributed by atoms with Gasteiger partial charge in [-0.3, -0.25) is 9.59 Å². The third kappa shape index (κ3) is 7.34. The van der Waals surface area contributed by atoms with Crippen LogP contribution >= 0.6 is 11.3 Å². The van der Waals surface area contributed by atoms with E-state index in [0.29, 0.717) is 59.6 Å². The van der Waals surface area contributed by atoms with Crippen molar-refractivity contribution in [1.29, 1.82) is 0 Å². The summed E-state index contributed by atoms with van der Waals surface area (Å²) in [7, 11) is 0. The summed E-state index contributed by atoms with van der Waals surface area (Å²) in [6, 6.07) is 10.5. The maximum atomic E-state index is 12.9. The van der Waals surface area contributed by atoms with E-state index in [-0.39, 0.29) is 24.9 Å². The van der Waals surface area contributed by atoms with Crippen LogP contribution in [0.1, 0.15) is 51.0 Å². The Kier molecular flexibility index (Phi) is 9.34. The molecule has 5 rings (SSSR count). The first kappa shape index (κ1) is 28.4. The molecule has 1 aliphatic heterocycles. The molecule has 0 radical (unpaired) electrons. The molecule has 0 spiro atoms. The third-order valence-electron chi connectivity index (χ3n) is 6.47. The van der Waals surface area contributed by atoms with Gasteiger partial charge in [0.25, 0.3) is 11.5 Å². The summed E-state index contributed by atoms with van der Waals surface area (Å²) in [5, 5.41) is 4.98. The lowest BCUT2D eigenvalue weighted by Crippen LogP contribution is -2.27. The lowest BCUT2D eigenvalue weighted by Gasteiger charge is -2.10. The first-order valence-electron chi connectivity index (χ1n) is 13.3. The van der Waals surface area contributed by atoms with Gasteiger partial charge in [0.1, 0.15) is 4.83 Å². The Labute approximate surface area is 239 Å². The van der Waals surface area contributed by atoms with E-state index in [1.807, 2.05) is 0 Å². The topological polar surface area (TPSA) is 142 Å². The first-order chi connectivity index (χ1) is 20.0. The van der Waals surface area contributed by atoms with E-state index in [0.717, 1.165) is 24.2 Å². The van der Waals surface area contributed by atoms with Crippen molar-refractivity contribution in [1.82, 2.24) is 20.3 Å². The molecule has 2 N–H and O–H groups in total. The smallest absolute Gasteiger partial charge is 0.338 e. The molecule has 1 aromatic carbocycles. The molecule has 0 bridgehead atoms. The average Bonchev–Trinajstić information content (AvgIpc) is 3.66. The van der Waals surface area contributed by atoms with Crippen molar-refractivity contribution >= 4 is 33.4 Å². The van der Waals surface area contributed by atoms with Crippen LogP contribution < -0.4 is 15.6 Å². The van der Waals surface area contributed by atoms with Gasteiger partial charge in [0, 0.05) is 36.9 Å². The number of hydrogen-bond donors (Lipinski definition) is 2. The number of pyridine rings is 1. The molecule has 3 aromatic heterocycles. The van der Waals surface area contributed by atoms with Gasteiger partial charge in [-0.2, -0.15) is 0 Å². The van der Waals surface area contributed by atoms with E-state index < -0.39 is 11.5 Å². The highest BCUT2D eigenvalue weighted by Gasteiger charge is 2.18. The number of carbonyl (C=O) groups excluding carboxylic acids is 2. The van der Waals surface area contributed by atoms with Crippen LogP contribution in [-0.2, 0) is 34.0 Å². The third-order valence-corrected chi connectivity index (χ3v) is 7.39. The summed E-state index contributed by atoms with van der Waals surface area (Å²) in [5.41, 5.74) is 2.43. The summed E-state index contributed by atoms with van der Waals surface area (Å²) in [5.74, 6) is -0.0851. The first-order valence-corrected chi connectivity index (χ1v) is 14.2. The number of nitrogens with one attached hydrogen (secondary N) is 2. The van der Waals surface area contributed by atoms with Crippen molar-refractivity contribution in [2.24, 2.45) is 5.92 Å². The molecular formula is C29H30N4O7S. The Morgan fingerprint density at radius 2 is 2.02 bits per heavy atom. The molecule has 1 fully saturated rings. The summed E-state index contributed by atoms with van der Waals surface area (Å²) in [4.78, 5) is 49.1. The van der Waals surface area contributed by atoms with Gasteiger partial charge >= 0.3 is 5.97 Å². The maximum Gasteiger partial charge on any atom is 0.338 e. The summed E-state index contributed by atoms with van der Waals surface area (Å²) in [6.45, 7) is 4.76. The van der Waals surface area contributed by atoms with Crippen LogP contribution in [0.2, 0.25) is 0 Å². The second kappa shape index (κ2) is 13.5. The molecule has 214 valence electrons. The molecule has 0 saturated carbocycles. The Balaban J connectivity index is 1.15. The SMILES string of the molecule is CCOC(=O)c1ccc(COCc2csc3nc(C(=O)NCc4ccnc(OCC5CCOC5)c4)[nH]c(=O)c23)cc1. The molecule has 0 aliphatic carbocycles. The highest BCUT2D eigenvalue weighted by Crippen LogP contribution is 2.22. The van der Waals surface area contributed by atoms with Gasteiger partial charge in [0.2, 0.25) is 11.7 Å². The van der Waals surface area contributed by atoms with Crippen LogP contribution in [0.3, 0.4) is 0 Å². The van der Waals surface area contributed by atoms with Gasteiger partial charge in [0.15, 0.2) is 0 Å². The fraction of sp³-hybridized carbons (Fsp3) is 0.345. The number of aromatic nitrogens is 3. The molecule has 41 heavy (non-hydrogen) atoms. The largest absolute Gasteiger partial charge is 0.477 e. The second-order valence-electron chi connectivity index (χ2n) is 9.49. The highest BCUT2D eigenvalue weighted by molar-refractivity contribution is 7.16. The Morgan fingerprint density at radius 3 is 2.80 bits per heavy atom. The Hall–Kier alpha value is -4.13. The minimum Gasteiger partial charge on any atom is -0.477 e. The molecule has 11 nitrogen and oxygen atoms in total. The molecule has 1 amide bonds. The number of esters is 1. The van der Waals surface area contributed by atoms with Crippen LogP contribution in [0.15, 0.2) is 52.8 Å². The quantitative estimate of drug-likeness (QED) is 0.241. The monoisotopic (exact) mass is 578 g/mol. The zero-order valence-electron chi connectivity index (χ0n) is 22.5. The van der Waals surface area contributed by atoms with E-state index >= 15 is 0 Å². The fourth-order valence-corrected chi connectivity index (χ4v) is 5.20. The number of amides is 1. The van der Waals surface area contributed by atoms with Gasteiger partial charge < -0.3 is 29.2 Å². The molecule has 1 unspecified atom stereocenters. The lowest BCUT2D eigenvalue weighted by molar-refractivity contribution is 0.0526. The minimum atomic E-state index is -0.496. The molecule has 4 aromatic rings. The van der Waals surface area contributed by atoms with Crippen molar-refractivity contribution in [3.05, 3.63) is 86.4 Å². The van der Waals surface area contributed by atoms with Crippen molar-refractivity contribution in [2.75, 3.05) is 26.4 Å². The number of rotatable bonds is 12. The van der Waals surface area contributed by atoms with Crippen molar-refractivity contribution < 1.29 is 28.5 Å². The number of carbonyl (C=O) groups is 2. The molecule has 1 atom stereocenters.